The number of amides is 2. The smallest absolute Gasteiger partial charge is 0.243 e. The quantitative estimate of drug-likeness (QED) is 0.907. The van der Waals surface area contributed by atoms with Gasteiger partial charge in [-0.1, -0.05) is 12.1 Å². The largest absolute Gasteiger partial charge is 0.351 e. The Hall–Kier alpha value is -3.33. The molecule has 0 atom stereocenters. The Kier molecular flexibility index (Phi) is 3.93. The first-order valence-electron chi connectivity index (χ1n) is 7.09. The van der Waals surface area contributed by atoms with Gasteiger partial charge in [-0.2, -0.15) is 5.26 Å². The lowest BCUT2D eigenvalue weighted by Crippen LogP contribution is -2.42. The van der Waals surface area contributed by atoms with E-state index in [1.807, 2.05) is 24.3 Å². The highest BCUT2D eigenvalue weighted by Crippen LogP contribution is 2.28. The molecule has 0 saturated carbocycles. The maximum Gasteiger partial charge on any atom is 0.243 e. The number of rotatable bonds is 3. The number of fused-ring (bicyclic) bond motifs is 1. The standard InChI is InChI=1S/C17H14N4O2/c18-9-12-5-7-13(8-6-12)19-16(22)10-21-11-17(23)20-14-3-1-2-4-15(14)21/h1-8H,10-11H2,(H,19,22)(H,20,23). The van der Waals surface area contributed by atoms with Gasteiger partial charge < -0.3 is 15.5 Å². The molecule has 1 aliphatic heterocycles. The molecule has 6 nitrogen and oxygen atoms in total. The van der Waals surface area contributed by atoms with Crippen LogP contribution < -0.4 is 15.5 Å². The Bertz CT molecular complexity index is 793. The topological polar surface area (TPSA) is 85.2 Å². The molecule has 0 unspecified atom stereocenters. The van der Waals surface area contributed by atoms with Gasteiger partial charge in [0.15, 0.2) is 0 Å². The Morgan fingerprint density at radius 1 is 1.22 bits per heavy atom. The maximum atomic E-state index is 12.2. The molecule has 2 N–H and O–H groups in total. The SMILES string of the molecule is N#Cc1ccc(NC(=O)CN2CC(=O)Nc3ccccc32)cc1. The fourth-order valence-corrected chi connectivity index (χ4v) is 2.45. The number of nitrogens with zero attached hydrogens (tertiary/aromatic N) is 2. The number of para-hydroxylation sites is 2. The summed E-state index contributed by atoms with van der Waals surface area (Å²) in [6.45, 7) is 0.211. The lowest BCUT2D eigenvalue weighted by Gasteiger charge is -2.30. The van der Waals surface area contributed by atoms with Crippen molar-refractivity contribution in [1.82, 2.24) is 0 Å². The molecule has 0 bridgehead atoms. The summed E-state index contributed by atoms with van der Waals surface area (Å²) in [4.78, 5) is 25.7. The Labute approximate surface area is 133 Å². The van der Waals surface area contributed by atoms with Gasteiger partial charge in [0.1, 0.15) is 0 Å². The second-order valence-electron chi connectivity index (χ2n) is 5.16. The Balaban J connectivity index is 1.70. The van der Waals surface area contributed by atoms with Crippen LogP contribution in [0.4, 0.5) is 17.1 Å². The molecule has 6 heteroatoms. The van der Waals surface area contributed by atoms with E-state index >= 15 is 0 Å². The summed E-state index contributed by atoms with van der Waals surface area (Å²) < 4.78 is 0. The van der Waals surface area contributed by atoms with Gasteiger partial charge in [0.25, 0.3) is 0 Å². The van der Waals surface area contributed by atoms with Crippen molar-refractivity contribution in [3.05, 3.63) is 54.1 Å². The van der Waals surface area contributed by atoms with Gasteiger partial charge in [-0.3, -0.25) is 9.59 Å². The van der Waals surface area contributed by atoms with Crippen LogP contribution in [0.25, 0.3) is 0 Å². The molecule has 0 aliphatic carbocycles. The molecule has 0 fully saturated rings. The van der Waals surface area contributed by atoms with Crippen LogP contribution in [0.1, 0.15) is 5.56 Å². The highest BCUT2D eigenvalue weighted by atomic mass is 16.2. The first-order chi connectivity index (χ1) is 11.2. The van der Waals surface area contributed by atoms with Crippen LogP contribution in [-0.4, -0.2) is 24.9 Å². The third-order valence-corrected chi connectivity index (χ3v) is 3.49. The van der Waals surface area contributed by atoms with E-state index in [1.54, 1.807) is 35.2 Å². The molecule has 2 aromatic rings. The highest BCUT2D eigenvalue weighted by Gasteiger charge is 2.23. The van der Waals surface area contributed by atoms with Gasteiger partial charge in [0.05, 0.1) is 36.1 Å². The zero-order valence-electron chi connectivity index (χ0n) is 12.2. The van der Waals surface area contributed by atoms with Crippen molar-refractivity contribution in [3.63, 3.8) is 0 Å². The van der Waals surface area contributed by atoms with Crippen molar-refractivity contribution < 1.29 is 9.59 Å². The summed E-state index contributed by atoms with van der Waals surface area (Å²) in [5, 5.41) is 14.3. The molecule has 23 heavy (non-hydrogen) atoms. The average Bonchev–Trinajstić information content (AvgIpc) is 2.55. The molecule has 2 aromatic carbocycles. The van der Waals surface area contributed by atoms with Crippen LogP contribution in [0, 0.1) is 11.3 Å². The molecule has 3 rings (SSSR count). The van der Waals surface area contributed by atoms with Crippen LogP contribution in [0.15, 0.2) is 48.5 Å². The molecule has 2 amide bonds. The van der Waals surface area contributed by atoms with Crippen molar-refractivity contribution in [1.29, 1.82) is 5.26 Å². The third-order valence-electron chi connectivity index (χ3n) is 3.49. The fourth-order valence-electron chi connectivity index (χ4n) is 2.45. The highest BCUT2D eigenvalue weighted by molar-refractivity contribution is 6.03. The minimum absolute atomic E-state index is 0.0738. The van der Waals surface area contributed by atoms with Crippen LogP contribution in [0.5, 0.6) is 0 Å². The molecular weight excluding hydrogens is 292 g/mol. The zero-order chi connectivity index (χ0) is 16.2. The lowest BCUT2D eigenvalue weighted by atomic mass is 10.2. The predicted octanol–water partition coefficient (Wildman–Crippen LogP) is 1.96. The average molecular weight is 306 g/mol. The van der Waals surface area contributed by atoms with E-state index in [1.165, 1.54) is 0 Å². The van der Waals surface area contributed by atoms with Crippen molar-refractivity contribution in [3.8, 4) is 6.07 Å². The molecule has 0 radical (unpaired) electrons. The summed E-state index contributed by atoms with van der Waals surface area (Å²) in [5.41, 5.74) is 2.67. The van der Waals surface area contributed by atoms with Gasteiger partial charge in [-0.15, -0.1) is 0 Å². The number of benzene rings is 2. The second-order valence-corrected chi connectivity index (χ2v) is 5.16. The van der Waals surface area contributed by atoms with Gasteiger partial charge in [0.2, 0.25) is 11.8 Å². The predicted molar refractivity (Wildman–Crippen MR) is 87.1 cm³/mol. The summed E-state index contributed by atoms with van der Waals surface area (Å²) in [6.07, 6.45) is 0. The van der Waals surface area contributed by atoms with E-state index in [0.717, 1.165) is 5.69 Å². The molecule has 0 spiro atoms. The van der Waals surface area contributed by atoms with Crippen molar-refractivity contribution >= 4 is 28.9 Å². The van der Waals surface area contributed by atoms with Crippen molar-refractivity contribution in [2.75, 3.05) is 28.6 Å². The van der Waals surface area contributed by atoms with Gasteiger partial charge in [-0.05, 0) is 36.4 Å². The van der Waals surface area contributed by atoms with Crippen LogP contribution in [0.2, 0.25) is 0 Å². The summed E-state index contributed by atoms with van der Waals surface area (Å²) in [5.74, 6) is -0.367. The molecular formula is C17H14N4O2. The monoisotopic (exact) mass is 306 g/mol. The van der Waals surface area contributed by atoms with E-state index in [4.69, 9.17) is 5.26 Å². The van der Waals surface area contributed by atoms with Crippen molar-refractivity contribution in [2.24, 2.45) is 0 Å². The normalized spacial score (nSPS) is 12.8. The number of nitriles is 1. The van der Waals surface area contributed by atoms with Crippen LogP contribution >= 0.6 is 0 Å². The van der Waals surface area contributed by atoms with Gasteiger partial charge >= 0.3 is 0 Å². The van der Waals surface area contributed by atoms with Gasteiger partial charge in [-0.25, -0.2) is 0 Å². The first-order valence-corrected chi connectivity index (χ1v) is 7.09. The minimum atomic E-state index is -0.223. The summed E-state index contributed by atoms with van der Waals surface area (Å²) >= 11 is 0. The zero-order valence-corrected chi connectivity index (χ0v) is 12.2. The number of carbonyl (C=O) groups excluding carboxylic acids is 2. The molecule has 114 valence electrons. The molecule has 0 saturated heterocycles. The number of anilines is 3. The van der Waals surface area contributed by atoms with Crippen molar-refractivity contribution in [2.45, 2.75) is 0 Å². The maximum absolute atomic E-state index is 12.2. The van der Waals surface area contributed by atoms with Crippen LogP contribution in [-0.2, 0) is 9.59 Å². The second kappa shape index (κ2) is 6.20. The molecule has 1 aliphatic rings. The van der Waals surface area contributed by atoms with E-state index in [-0.39, 0.29) is 24.9 Å². The number of carbonyl (C=O) groups is 2. The minimum Gasteiger partial charge on any atom is -0.351 e. The van der Waals surface area contributed by atoms with Crippen LogP contribution in [0.3, 0.4) is 0 Å². The van der Waals surface area contributed by atoms with E-state index in [9.17, 15) is 9.59 Å². The summed E-state index contributed by atoms with van der Waals surface area (Å²) in [6, 6.07) is 16.0. The van der Waals surface area contributed by atoms with E-state index in [0.29, 0.717) is 16.9 Å². The number of nitrogens with one attached hydrogen (secondary N) is 2. The Morgan fingerprint density at radius 3 is 2.70 bits per heavy atom. The lowest BCUT2D eigenvalue weighted by molar-refractivity contribution is -0.115. The van der Waals surface area contributed by atoms with E-state index < -0.39 is 0 Å². The summed E-state index contributed by atoms with van der Waals surface area (Å²) in [7, 11) is 0. The number of hydrogen-bond acceptors (Lipinski definition) is 4. The number of hydrogen-bond donors (Lipinski definition) is 2. The Morgan fingerprint density at radius 2 is 1.96 bits per heavy atom. The van der Waals surface area contributed by atoms with Gasteiger partial charge in [0, 0.05) is 5.69 Å². The van der Waals surface area contributed by atoms with E-state index in [2.05, 4.69) is 10.6 Å². The third kappa shape index (κ3) is 3.30. The fraction of sp³-hybridized carbons (Fsp3) is 0.118. The molecule has 1 heterocycles. The first kappa shape index (κ1) is 14.6. The molecule has 0 aromatic heterocycles.